The number of hydrogen-bond donors (Lipinski definition) is 2. The van der Waals surface area contributed by atoms with Crippen LogP contribution in [0.15, 0.2) is 30.6 Å². The molecule has 8 nitrogen and oxygen atoms in total. The number of nitrogen functional groups attached to an aromatic ring is 1. The van der Waals surface area contributed by atoms with Crippen LogP contribution in [0, 0.1) is 5.41 Å². The molecule has 0 radical (unpaired) electrons. The Morgan fingerprint density at radius 3 is 2.69 bits per heavy atom. The van der Waals surface area contributed by atoms with Crippen molar-refractivity contribution >= 4 is 17.2 Å². The highest BCUT2D eigenvalue weighted by Gasteiger charge is 2.19. The predicted octanol–water partition coefficient (Wildman–Crippen LogP) is 2.29. The first-order chi connectivity index (χ1) is 14.0. The van der Waals surface area contributed by atoms with E-state index < -0.39 is 0 Å². The fourth-order valence-corrected chi connectivity index (χ4v) is 3.24. The molecule has 1 saturated heterocycles. The summed E-state index contributed by atoms with van der Waals surface area (Å²) in [6.45, 7) is 7.66. The summed E-state index contributed by atoms with van der Waals surface area (Å²) < 4.78 is 17.5. The molecule has 9 heteroatoms. The van der Waals surface area contributed by atoms with Gasteiger partial charge in [0, 0.05) is 56.1 Å². The molecule has 29 heavy (non-hydrogen) atoms. The van der Waals surface area contributed by atoms with Crippen LogP contribution in [-0.2, 0) is 4.94 Å². The van der Waals surface area contributed by atoms with Crippen molar-refractivity contribution in [3.63, 3.8) is 0 Å². The van der Waals surface area contributed by atoms with Crippen LogP contribution in [-0.4, -0.2) is 66.0 Å². The van der Waals surface area contributed by atoms with Gasteiger partial charge in [0.15, 0.2) is 0 Å². The van der Waals surface area contributed by atoms with E-state index in [1.54, 1.807) is 18.3 Å². The number of hydrogen-bond acceptors (Lipinski definition) is 8. The van der Waals surface area contributed by atoms with Crippen molar-refractivity contribution in [3.05, 3.63) is 41.7 Å². The van der Waals surface area contributed by atoms with E-state index in [1.165, 1.54) is 6.20 Å². The molecule has 3 heterocycles. The quantitative estimate of drug-likeness (QED) is 0.653. The molecule has 0 aromatic carbocycles. The third kappa shape index (κ3) is 5.39. The van der Waals surface area contributed by atoms with E-state index in [0.717, 1.165) is 37.6 Å². The lowest BCUT2D eigenvalue weighted by Crippen LogP contribution is -2.47. The Bertz CT molecular complexity index is 839. The fraction of sp³-hybridized carbons (Fsp3) is 0.450. The molecular weight excluding hydrogens is 375 g/mol. The molecule has 0 atom stereocenters. The number of halogens is 1. The zero-order valence-corrected chi connectivity index (χ0v) is 16.8. The smallest absolute Gasteiger partial charge is 0.214 e. The van der Waals surface area contributed by atoms with Crippen LogP contribution in [0.2, 0.25) is 0 Å². The molecule has 1 aliphatic rings. The van der Waals surface area contributed by atoms with Crippen molar-refractivity contribution in [1.29, 1.82) is 5.41 Å². The van der Waals surface area contributed by atoms with Gasteiger partial charge in [-0.15, -0.1) is 0 Å². The molecule has 0 bridgehead atoms. The number of nitrogens with two attached hydrogens (primary N) is 1. The molecule has 1 aliphatic heterocycles. The summed E-state index contributed by atoms with van der Waals surface area (Å²) in [5.74, 6) is 1.25. The van der Waals surface area contributed by atoms with Gasteiger partial charge >= 0.3 is 0 Å². The summed E-state index contributed by atoms with van der Waals surface area (Å²) in [7, 11) is 0. The minimum absolute atomic E-state index is 0.0178. The van der Waals surface area contributed by atoms with Gasteiger partial charge in [-0.2, -0.15) is 4.94 Å². The van der Waals surface area contributed by atoms with Crippen LogP contribution in [0.4, 0.5) is 16.0 Å². The monoisotopic (exact) mass is 402 g/mol. The van der Waals surface area contributed by atoms with Crippen LogP contribution < -0.4 is 15.4 Å². The highest BCUT2D eigenvalue weighted by Crippen LogP contribution is 2.23. The normalized spacial score (nSPS) is 15.0. The summed E-state index contributed by atoms with van der Waals surface area (Å²) in [5.41, 5.74) is 8.08. The Balaban J connectivity index is 1.74. The molecular formula is C20H27FN6O2. The van der Waals surface area contributed by atoms with E-state index in [4.69, 9.17) is 15.9 Å². The number of aromatic nitrogens is 2. The average molecular weight is 402 g/mol. The lowest BCUT2D eigenvalue weighted by Gasteiger charge is -2.35. The Morgan fingerprint density at radius 2 is 2.00 bits per heavy atom. The molecule has 2 aromatic rings. The molecule has 156 valence electrons. The highest BCUT2D eigenvalue weighted by molar-refractivity contribution is 6.14. The first-order valence-electron chi connectivity index (χ1n) is 9.66. The first-order valence-corrected chi connectivity index (χ1v) is 9.66. The minimum atomic E-state index is -0.0178. The van der Waals surface area contributed by atoms with Crippen molar-refractivity contribution in [2.24, 2.45) is 0 Å². The van der Waals surface area contributed by atoms with Gasteiger partial charge in [0.2, 0.25) is 5.88 Å². The second-order valence-corrected chi connectivity index (χ2v) is 7.20. The summed E-state index contributed by atoms with van der Waals surface area (Å²) in [5, 5.41) is 8.64. The summed E-state index contributed by atoms with van der Waals surface area (Å²) in [6.07, 6.45) is 3.20. The number of nitrogens with one attached hydrogen (secondary N) is 1. The Hall–Kier alpha value is -2.78. The van der Waals surface area contributed by atoms with E-state index >= 15 is 0 Å². The van der Waals surface area contributed by atoms with E-state index in [0.29, 0.717) is 29.4 Å². The molecule has 3 N–H and O–H groups in total. The molecule has 0 amide bonds. The number of ether oxygens (including phenoxy) is 1. The highest BCUT2D eigenvalue weighted by atomic mass is 19.3. The second-order valence-electron chi connectivity index (χ2n) is 7.20. The topological polar surface area (TPSA) is 101 Å². The molecule has 0 unspecified atom stereocenters. The fourth-order valence-electron chi connectivity index (χ4n) is 3.24. The van der Waals surface area contributed by atoms with Crippen LogP contribution >= 0.6 is 0 Å². The third-order valence-corrected chi connectivity index (χ3v) is 4.75. The third-order valence-electron chi connectivity index (χ3n) is 4.75. The number of piperazine rings is 1. The van der Waals surface area contributed by atoms with Crippen LogP contribution in [0.3, 0.4) is 0 Å². The van der Waals surface area contributed by atoms with Gasteiger partial charge in [-0.1, -0.05) is 0 Å². The number of anilines is 2. The van der Waals surface area contributed by atoms with E-state index in [1.807, 2.05) is 19.9 Å². The minimum Gasteiger partial charge on any atom is -0.475 e. The predicted molar refractivity (Wildman–Crippen MR) is 110 cm³/mol. The molecule has 3 rings (SSSR count). The SMILES string of the molecule is CC(C)Oc1cc(C(=N)c2ccnc(N3CCN(CCOF)CC3)c2)c(N)cn1. The summed E-state index contributed by atoms with van der Waals surface area (Å²) in [4.78, 5) is 16.6. The lowest BCUT2D eigenvalue weighted by molar-refractivity contribution is -0.136. The van der Waals surface area contributed by atoms with Crippen molar-refractivity contribution < 1.29 is 14.2 Å². The molecule has 1 fully saturated rings. The Kier molecular flexibility index (Phi) is 6.95. The largest absolute Gasteiger partial charge is 0.475 e. The van der Waals surface area contributed by atoms with Crippen LogP contribution in [0.25, 0.3) is 0 Å². The summed E-state index contributed by atoms with van der Waals surface area (Å²) >= 11 is 0. The van der Waals surface area contributed by atoms with Gasteiger partial charge in [-0.3, -0.25) is 10.3 Å². The van der Waals surface area contributed by atoms with Crippen LogP contribution in [0.1, 0.15) is 25.0 Å². The van der Waals surface area contributed by atoms with Gasteiger partial charge < -0.3 is 15.4 Å². The van der Waals surface area contributed by atoms with E-state index in [9.17, 15) is 4.53 Å². The lowest BCUT2D eigenvalue weighted by atomic mass is 10.0. The molecule has 0 saturated carbocycles. The molecule has 0 aliphatic carbocycles. The Labute approximate surface area is 169 Å². The average Bonchev–Trinajstić information content (AvgIpc) is 2.73. The van der Waals surface area contributed by atoms with E-state index in [-0.39, 0.29) is 12.7 Å². The number of rotatable bonds is 8. The zero-order valence-electron chi connectivity index (χ0n) is 16.8. The van der Waals surface area contributed by atoms with Gasteiger partial charge in [0.25, 0.3) is 0 Å². The van der Waals surface area contributed by atoms with Gasteiger partial charge in [0.1, 0.15) is 12.4 Å². The first kappa shape index (κ1) is 20.9. The van der Waals surface area contributed by atoms with Crippen molar-refractivity contribution in [2.45, 2.75) is 20.0 Å². The van der Waals surface area contributed by atoms with Gasteiger partial charge in [-0.05, 0) is 30.5 Å². The van der Waals surface area contributed by atoms with Gasteiger partial charge in [-0.25, -0.2) is 9.97 Å². The van der Waals surface area contributed by atoms with Crippen molar-refractivity contribution in [3.8, 4) is 5.88 Å². The van der Waals surface area contributed by atoms with E-state index in [2.05, 4.69) is 24.7 Å². The van der Waals surface area contributed by atoms with Crippen LogP contribution in [0.5, 0.6) is 5.88 Å². The second kappa shape index (κ2) is 9.62. The maximum atomic E-state index is 11.9. The molecule has 0 spiro atoms. The standard InChI is InChI=1S/C20H27FN6O2/c1-14(2)29-19-12-16(17(22)13-25-19)20(23)15-3-4-24-18(11-15)27-7-5-26(6-8-27)9-10-28-21/h3-4,11-14,23H,5-10,22H2,1-2H3. The zero-order chi connectivity index (χ0) is 20.8. The maximum absolute atomic E-state index is 11.9. The summed E-state index contributed by atoms with van der Waals surface area (Å²) in [6, 6.07) is 5.39. The number of pyridine rings is 2. The number of nitrogens with zero attached hydrogens (tertiary/aromatic N) is 4. The Morgan fingerprint density at radius 1 is 1.24 bits per heavy atom. The van der Waals surface area contributed by atoms with Crippen molar-refractivity contribution in [1.82, 2.24) is 14.9 Å². The van der Waals surface area contributed by atoms with Gasteiger partial charge in [0.05, 0.1) is 23.7 Å². The van der Waals surface area contributed by atoms with Crippen molar-refractivity contribution in [2.75, 3.05) is 50.0 Å². The maximum Gasteiger partial charge on any atom is 0.214 e. The molecule has 2 aromatic heterocycles.